The summed E-state index contributed by atoms with van der Waals surface area (Å²) in [5, 5.41) is 0. The van der Waals surface area contributed by atoms with Crippen molar-refractivity contribution in [2.45, 2.75) is 64.1 Å². The molecule has 3 aliphatic rings. The minimum absolute atomic E-state index is 0.0324. The van der Waals surface area contributed by atoms with E-state index in [-0.39, 0.29) is 18.0 Å². The number of rotatable bonds is 6. The van der Waals surface area contributed by atoms with Crippen molar-refractivity contribution in [1.29, 1.82) is 0 Å². The van der Waals surface area contributed by atoms with E-state index in [9.17, 15) is 9.59 Å². The van der Waals surface area contributed by atoms with Gasteiger partial charge in [0.2, 0.25) is 0 Å². The molecular formula is C24H35N3O3. The third-order valence-electron chi connectivity index (χ3n) is 7.17. The van der Waals surface area contributed by atoms with Gasteiger partial charge in [-0.05, 0) is 49.7 Å². The van der Waals surface area contributed by atoms with Gasteiger partial charge in [-0.15, -0.1) is 0 Å². The molecule has 0 saturated carbocycles. The average Bonchev–Trinajstić information content (AvgIpc) is 3.22. The average molecular weight is 414 g/mol. The normalized spacial score (nSPS) is 23.1. The topological polar surface area (TPSA) is 53.1 Å². The molecule has 1 atom stereocenters. The molecular weight excluding hydrogens is 378 g/mol. The zero-order valence-electron chi connectivity index (χ0n) is 18.8. The molecule has 1 unspecified atom stereocenters. The molecule has 1 aromatic carbocycles. The van der Waals surface area contributed by atoms with E-state index >= 15 is 0 Å². The van der Waals surface area contributed by atoms with Crippen molar-refractivity contribution in [3.05, 3.63) is 35.4 Å². The molecule has 0 N–H and O–H groups in total. The smallest absolute Gasteiger partial charge is 0.327 e. The first kappa shape index (κ1) is 21.3. The summed E-state index contributed by atoms with van der Waals surface area (Å²) in [4.78, 5) is 33.3. The van der Waals surface area contributed by atoms with Gasteiger partial charge in [0.05, 0.1) is 6.61 Å². The van der Waals surface area contributed by atoms with Crippen LogP contribution in [0.25, 0.3) is 0 Å². The summed E-state index contributed by atoms with van der Waals surface area (Å²) in [5.74, 6) is 0.356. The van der Waals surface area contributed by atoms with E-state index in [0.717, 1.165) is 25.9 Å². The largest absolute Gasteiger partial charge is 0.383 e. The second-order valence-electron chi connectivity index (χ2n) is 9.66. The highest BCUT2D eigenvalue weighted by Crippen LogP contribution is 2.41. The first-order valence-corrected chi connectivity index (χ1v) is 11.3. The molecule has 2 fully saturated rings. The Morgan fingerprint density at radius 2 is 1.67 bits per heavy atom. The highest BCUT2D eigenvalue weighted by molar-refractivity contribution is 6.07. The maximum atomic E-state index is 13.8. The number of methoxy groups -OCH3 is 1. The Kier molecular flexibility index (Phi) is 5.90. The monoisotopic (exact) mass is 413 g/mol. The van der Waals surface area contributed by atoms with E-state index in [0.29, 0.717) is 38.0 Å². The first-order chi connectivity index (χ1) is 14.4. The third kappa shape index (κ3) is 3.54. The van der Waals surface area contributed by atoms with Crippen molar-refractivity contribution in [3.63, 3.8) is 0 Å². The Morgan fingerprint density at radius 1 is 1.07 bits per heavy atom. The molecule has 2 aliphatic heterocycles. The number of amides is 3. The van der Waals surface area contributed by atoms with Gasteiger partial charge in [0, 0.05) is 38.8 Å². The number of imide groups is 1. The lowest BCUT2D eigenvalue weighted by molar-refractivity contribution is -0.137. The van der Waals surface area contributed by atoms with Crippen LogP contribution in [0.5, 0.6) is 0 Å². The molecule has 1 spiro atoms. The maximum absolute atomic E-state index is 13.8. The Bertz CT molecular complexity index is 776. The van der Waals surface area contributed by atoms with Crippen molar-refractivity contribution in [2.75, 3.05) is 33.4 Å². The number of benzene rings is 1. The van der Waals surface area contributed by atoms with E-state index in [1.54, 1.807) is 12.0 Å². The van der Waals surface area contributed by atoms with Crippen molar-refractivity contribution < 1.29 is 14.3 Å². The summed E-state index contributed by atoms with van der Waals surface area (Å²) in [6.07, 6.45) is 2.95. The van der Waals surface area contributed by atoms with Gasteiger partial charge >= 0.3 is 6.03 Å². The molecule has 6 nitrogen and oxygen atoms in total. The highest BCUT2D eigenvalue weighted by Gasteiger charge is 2.59. The number of hydrogen-bond acceptors (Lipinski definition) is 4. The molecule has 2 saturated heterocycles. The molecule has 6 heteroatoms. The number of hydrogen-bond donors (Lipinski definition) is 0. The minimum Gasteiger partial charge on any atom is -0.383 e. The number of likely N-dealkylation sites (tertiary alicyclic amines) is 1. The zero-order valence-corrected chi connectivity index (χ0v) is 18.8. The molecule has 0 aromatic heterocycles. The summed E-state index contributed by atoms with van der Waals surface area (Å²) in [5.41, 5.74) is 1.85. The van der Waals surface area contributed by atoms with Gasteiger partial charge in [-0.1, -0.05) is 38.1 Å². The summed E-state index contributed by atoms with van der Waals surface area (Å²) < 4.78 is 5.32. The van der Waals surface area contributed by atoms with Gasteiger partial charge in [0.15, 0.2) is 0 Å². The van der Waals surface area contributed by atoms with E-state index in [2.05, 4.69) is 37.8 Å². The van der Waals surface area contributed by atoms with E-state index < -0.39 is 5.54 Å². The van der Waals surface area contributed by atoms with Crippen LogP contribution in [0, 0.1) is 5.92 Å². The van der Waals surface area contributed by atoms with Crippen LogP contribution >= 0.6 is 0 Å². The number of nitrogens with zero attached hydrogens (tertiary/aromatic N) is 3. The fourth-order valence-corrected chi connectivity index (χ4v) is 5.56. The lowest BCUT2D eigenvalue weighted by Crippen LogP contribution is -2.58. The second kappa shape index (κ2) is 8.31. The first-order valence-electron chi connectivity index (χ1n) is 11.3. The van der Waals surface area contributed by atoms with E-state index in [1.165, 1.54) is 11.1 Å². The predicted molar refractivity (Wildman–Crippen MR) is 116 cm³/mol. The SMILES string of the molecule is COCC(C)N1CCC2(CC1)C(=O)N(C1Cc3ccccc3C1)C(=O)N2CC(C)C. The predicted octanol–water partition coefficient (Wildman–Crippen LogP) is 2.94. The Balaban J connectivity index is 1.57. The summed E-state index contributed by atoms with van der Waals surface area (Å²) in [7, 11) is 1.73. The van der Waals surface area contributed by atoms with Gasteiger partial charge < -0.3 is 9.64 Å². The number of fused-ring (bicyclic) bond motifs is 1. The number of carbonyl (C=O) groups excluding carboxylic acids is 2. The van der Waals surface area contributed by atoms with Crippen molar-refractivity contribution in [3.8, 4) is 0 Å². The summed E-state index contributed by atoms with van der Waals surface area (Å²) >= 11 is 0. The number of urea groups is 1. The molecule has 0 bridgehead atoms. The van der Waals surface area contributed by atoms with Crippen LogP contribution in [-0.4, -0.2) is 77.6 Å². The van der Waals surface area contributed by atoms with Crippen LogP contribution in [0.4, 0.5) is 4.79 Å². The molecule has 1 aliphatic carbocycles. The maximum Gasteiger partial charge on any atom is 0.327 e. The Morgan fingerprint density at radius 3 is 2.20 bits per heavy atom. The van der Waals surface area contributed by atoms with Crippen LogP contribution in [0.1, 0.15) is 44.7 Å². The van der Waals surface area contributed by atoms with Crippen LogP contribution in [0.15, 0.2) is 24.3 Å². The van der Waals surface area contributed by atoms with Gasteiger partial charge in [0.1, 0.15) is 5.54 Å². The van der Waals surface area contributed by atoms with Crippen LogP contribution in [-0.2, 0) is 22.4 Å². The highest BCUT2D eigenvalue weighted by atomic mass is 16.5. The molecule has 2 heterocycles. The number of carbonyl (C=O) groups is 2. The molecule has 0 radical (unpaired) electrons. The molecule has 164 valence electrons. The van der Waals surface area contributed by atoms with Crippen molar-refractivity contribution >= 4 is 11.9 Å². The van der Waals surface area contributed by atoms with Crippen molar-refractivity contribution in [2.24, 2.45) is 5.92 Å². The fourth-order valence-electron chi connectivity index (χ4n) is 5.56. The zero-order chi connectivity index (χ0) is 21.5. The van der Waals surface area contributed by atoms with Gasteiger partial charge in [-0.3, -0.25) is 14.6 Å². The lowest BCUT2D eigenvalue weighted by Gasteiger charge is -2.44. The second-order valence-corrected chi connectivity index (χ2v) is 9.66. The quantitative estimate of drug-likeness (QED) is 0.673. The fraction of sp³-hybridized carbons (Fsp3) is 0.667. The van der Waals surface area contributed by atoms with E-state index in [1.807, 2.05) is 17.0 Å². The van der Waals surface area contributed by atoms with Crippen LogP contribution in [0.2, 0.25) is 0 Å². The third-order valence-corrected chi connectivity index (χ3v) is 7.17. The molecule has 30 heavy (non-hydrogen) atoms. The molecule has 1 aromatic rings. The number of ether oxygens (including phenoxy) is 1. The standard InChI is InChI=1S/C24H35N3O3/c1-17(2)15-26-23(29)27(21-13-19-7-5-6-8-20(19)14-21)22(28)24(26)9-11-25(12-10-24)18(3)16-30-4/h5-8,17-18,21H,9-16H2,1-4H3. The van der Waals surface area contributed by atoms with Gasteiger partial charge in [-0.2, -0.15) is 0 Å². The minimum atomic E-state index is -0.681. The Labute approximate surface area is 180 Å². The Hall–Kier alpha value is -1.92. The summed E-state index contributed by atoms with van der Waals surface area (Å²) in [6.45, 7) is 9.35. The summed E-state index contributed by atoms with van der Waals surface area (Å²) in [6, 6.07) is 8.51. The van der Waals surface area contributed by atoms with Crippen LogP contribution in [0.3, 0.4) is 0 Å². The number of piperidine rings is 1. The van der Waals surface area contributed by atoms with Crippen molar-refractivity contribution in [1.82, 2.24) is 14.7 Å². The molecule has 3 amide bonds. The van der Waals surface area contributed by atoms with Gasteiger partial charge in [0.25, 0.3) is 5.91 Å². The van der Waals surface area contributed by atoms with Crippen LogP contribution < -0.4 is 0 Å². The lowest BCUT2D eigenvalue weighted by atomic mass is 9.84. The van der Waals surface area contributed by atoms with Gasteiger partial charge in [-0.25, -0.2) is 4.79 Å². The molecule has 4 rings (SSSR count). The van der Waals surface area contributed by atoms with E-state index in [4.69, 9.17) is 4.74 Å².